The van der Waals surface area contributed by atoms with Gasteiger partial charge in [0.15, 0.2) is 5.96 Å². The van der Waals surface area contributed by atoms with Crippen LogP contribution in [-0.4, -0.2) is 44.6 Å². The molecule has 0 bridgehead atoms. The highest BCUT2D eigenvalue weighted by molar-refractivity contribution is 14.0. The first-order chi connectivity index (χ1) is 12.5. The second-order valence-electron chi connectivity index (χ2n) is 6.35. The first-order valence-electron chi connectivity index (χ1n) is 8.58. The zero-order valence-corrected chi connectivity index (χ0v) is 18.2. The molecule has 4 nitrogen and oxygen atoms in total. The molecule has 0 amide bonds. The van der Waals surface area contributed by atoms with Gasteiger partial charge in [-0.25, -0.2) is 8.78 Å². The van der Waals surface area contributed by atoms with E-state index in [9.17, 15) is 8.78 Å². The zero-order valence-electron chi connectivity index (χ0n) is 15.9. The van der Waals surface area contributed by atoms with E-state index in [1.165, 1.54) is 11.6 Å². The first kappa shape index (κ1) is 23.3. The molecule has 0 saturated heterocycles. The third-order valence-corrected chi connectivity index (χ3v) is 4.23. The van der Waals surface area contributed by atoms with Crippen molar-refractivity contribution in [1.29, 1.82) is 0 Å². The number of likely N-dealkylation sites (N-methyl/N-ethyl adjacent to an activating group) is 1. The highest BCUT2D eigenvalue weighted by Crippen LogP contribution is 2.09. The molecule has 2 aromatic rings. The molecule has 0 aliphatic rings. The van der Waals surface area contributed by atoms with Gasteiger partial charge in [-0.1, -0.05) is 30.3 Å². The molecule has 0 aliphatic carbocycles. The molecule has 0 saturated carbocycles. The molecule has 2 aromatic carbocycles. The molecule has 0 aromatic heterocycles. The average Bonchev–Trinajstić information content (AvgIpc) is 2.64. The standard InChI is InChI=1S/C20H26F2N4.HI/c1-23-20(24-13-16-12-17(21)9-10-19(16)22)25-14-18(26(2)3)11-15-7-5-4-6-8-15;/h4-10,12,18H,11,13-14H2,1-3H3,(H2,23,24,25);1H. The van der Waals surface area contributed by atoms with Gasteiger partial charge in [-0.2, -0.15) is 0 Å². The van der Waals surface area contributed by atoms with Crippen molar-refractivity contribution in [2.75, 3.05) is 27.7 Å². The molecule has 1 unspecified atom stereocenters. The van der Waals surface area contributed by atoms with Gasteiger partial charge in [-0.05, 0) is 44.3 Å². The van der Waals surface area contributed by atoms with Crippen LogP contribution in [0.1, 0.15) is 11.1 Å². The lowest BCUT2D eigenvalue weighted by atomic mass is 10.1. The quantitative estimate of drug-likeness (QED) is 0.357. The van der Waals surface area contributed by atoms with Gasteiger partial charge in [0.1, 0.15) is 11.6 Å². The van der Waals surface area contributed by atoms with Gasteiger partial charge in [-0.3, -0.25) is 4.99 Å². The molecule has 2 rings (SSSR count). The normalized spacial score (nSPS) is 12.4. The van der Waals surface area contributed by atoms with E-state index in [0.29, 0.717) is 12.5 Å². The maximum absolute atomic E-state index is 13.7. The number of benzene rings is 2. The summed E-state index contributed by atoms with van der Waals surface area (Å²) in [6, 6.07) is 14.0. The summed E-state index contributed by atoms with van der Waals surface area (Å²) < 4.78 is 27.0. The van der Waals surface area contributed by atoms with E-state index in [0.717, 1.165) is 18.6 Å². The van der Waals surface area contributed by atoms with Crippen molar-refractivity contribution < 1.29 is 8.78 Å². The van der Waals surface area contributed by atoms with Crippen LogP contribution in [0.4, 0.5) is 8.78 Å². The molecule has 0 fully saturated rings. The first-order valence-corrected chi connectivity index (χ1v) is 8.58. The Labute approximate surface area is 177 Å². The molecule has 0 radical (unpaired) electrons. The van der Waals surface area contributed by atoms with Gasteiger partial charge in [0.05, 0.1) is 0 Å². The van der Waals surface area contributed by atoms with E-state index in [1.807, 2.05) is 32.3 Å². The molecule has 0 aliphatic heterocycles. The van der Waals surface area contributed by atoms with Crippen molar-refractivity contribution in [2.24, 2.45) is 4.99 Å². The number of rotatable bonds is 7. The topological polar surface area (TPSA) is 39.7 Å². The van der Waals surface area contributed by atoms with Gasteiger partial charge in [0.25, 0.3) is 0 Å². The molecule has 1 atom stereocenters. The Hall–Kier alpha value is -1.74. The summed E-state index contributed by atoms with van der Waals surface area (Å²) in [6.07, 6.45) is 0.899. The maximum atomic E-state index is 13.7. The third kappa shape index (κ3) is 7.80. The molecule has 27 heavy (non-hydrogen) atoms. The number of hydrogen-bond acceptors (Lipinski definition) is 2. The number of guanidine groups is 1. The molecule has 7 heteroatoms. The summed E-state index contributed by atoms with van der Waals surface area (Å²) in [5.74, 6) is -0.347. The van der Waals surface area contributed by atoms with Gasteiger partial charge in [-0.15, -0.1) is 24.0 Å². The predicted molar refractivity (Wildman–Crippen MR) is 118 cm³/mol. The lowest BCUT2D eigenvalue weighted by Gasteiger charge is -2.25. The number of nitrogens with one attached hydrogen (secondary N) is 2. The van der Waals surface area contributed by atoms with E-state index in [4.69, 9.17) is 0 Å². The molecule has 0 spiro atoms. The van der Waals surface area contributed by atoms with E-state index in [1.54, 1.807) is 7.05 Å². The van der Waals surface area contributed by atoms with Crippen molar-refractivity contribution in [1.82, 2.24) is 15.5 Å². The minimum atomic E-state index is -0.457. The summed E-state index contributed by atoms with van der Waals surface area (Å²) in [6.45, 7) is 0.835. The Kier molecular flexibility index (Phi) is 10.2. The summed E-state index contributed by atoms with van der Waals surface area (Å²) in [7, 11) is 5.72. The van der Waals surface area contributed by atoms with Crippen LogP contribution in [0.25, 0.3) is 0 Å². The van der Waals surface area contributed by atoms with Gasteiger partial charge in [0, 0.05) is 31.7 Å². The van der Waals surface area contributed by atoms with Crippen LogP contribution in [0.3, 0.4) is 0 Å². The Morgan fingerprint density at radius 1 is 1.07 bits per heavy atom. The van der Waals surface area contributed by atoms with Crippen molar-refractivity contribution in [3.8, 4) is 0 Å². The largest absolute Gasteiger partial charge is 0.355 e. The van der Waals surface area contributed by atoms with Gasteiger partial charge in [0.2, 0.25) is 0 Å². The molecule has 148 valence electrons. The summed E-state index contributed by atoms with van der Waals surface area (Å²) in [5.41, 5.74) is 1.53. The summed E-state index contributed by atoms with van der Waals surface area (Å²) in [4.78, 5) is 6.31. The van der Waals surface area contributed by atoms with Crippen molar-refractivity contribution in [3.05, 3.63) is 71.3 Å². The van der Waals surface area contributed by atoms with Crippen LogP contribution in [0.2, 0.25) is 0 Å². The van der Waals surface area contributed by atoms with E-state index in [-0.39, 0.29) is 42.1 Å². The predicted octanol–water partition coefficient (Wildman–Crippen LogP) is 3.42. The SMILES string of the molecule is CN=C(NCc1cc(F)ccc1F)NCC(Cc1ccccc1)N(C)C.I. The monoisotopic (exact) mass is 488 g/mol. The van der Waals surface area contributed by atoms with Crippen LogP contribution in [0, 0.1) is 11.6 Å². The van der Waals surface area contributed by atoms with Crippen LogP contribution in [-0.2, 0) is 13.0 Å². The molecular weight excluding hydrogens is 461 g/mol. The highest BCUT2D eigenvalue weighted by Gasteiger charge is 2.13. The lowest BCUT2D eigenvalue weighted by molar-refractivity contribution is 0.290. The van der Waals surface area contributed by atoms with E-state index < -0.39 is 11.6 Å². The fourth-order valence-corrected chi connectivity index (χ4v) is 2.62. The Bertz CT molecular complexity index is 723. The smallest absolute Gasteiger partial charge is 0.191 e. The zero-order chi connectivity index (χ0) is 18.9. The number of hydrogen-bond donors (Lipinski definition) is 2. The van der Waals surface area contributed by atoms with Crippen LogP contribution in [0.15, 0.2) is 53.5 Å². The molecule has 2 N–H and O–H groups in total. The van der Waals surface area contributed by atoms with Crippen LogP contribution >= 0.6 is 24.0 Å². The number of aliphatic imine (C=N–C) groups is 1. The lowest BCUT2D eigenvalue weighted by Crippen LogP contribution is -2.45. The summed E-state index contributed by atoms with van der Waals surface area (Å²) >= 11 is 0. The minimum Gasteiger partial charge on any atom is -0.355 e. The van der Waals surface area contributed by atoms with Crippen LogP contribution in [0.5, 0.6) is 0 Å². The van der Waals surface area contributed by atoms with Gasteiger partial charge < -0.3 is 15.5 Å². The fourth-order valence-electron chi connectivity index (χ4n) is 2.62. The Morgan fingerprint density at radius 3 is 2.41 bits per heavy atom. The Balaban J connectivity index is 0.00000364. The second-order valence-corrected chi connectivity index (χ2v) is 6.35. The van der Waals surface area contributed by atoms with Crippen molar-refractivity contribution in [3.63, 3.8) is 0 Å². The van der Waals surface area contributed by atoms with Crippen molar-refractivity contribution in [2.45, 2.75) is 19.0 Å². The van der Waals surface area contributed by atoms with E-state index in [2.05, 4.69) is 32.7 Å². The second kappa shape index (κ2) is 11.9. The highest BCUT2D eigenvalue weighted by atomic mass is 127. The third-order valence-electron chi connectivity index (χ3n) is 4.23. The molecule has 0 heterocycles. The maximum Gasteiger partial charge on any atom is 0.191 e. The number of halogens is 3. The Morgan fingerprint density at radius 2 is 1.78 bits per heavy atom. The van der Waals surface area contributed by atoms with Crippen molar-refractivity contribution >= 4 is 29.9 Å². The number of nitrogens with zero attached hydrogens (tertiary/aromatic N) is 2. The summed E-state index contributed by atoms with van der Waals surface area (Å²) in [5, 5.41) is 6.28. The van der Waals surface area contributed by atoms with E-state index >= 15 is 0 Å². The van der Waals surface area contributed by atoms with Gasteiger partial charge >= 0.3 is 0 Å². The average molecular weight is 488 g/mol. The fraction of sp³-hybridized carbons (Fsp3) is 0.350. The van der Waals surface area contributed by atoms with Crippen LogP contribution < -0.4 is 10.6 Å². The molecular formula is C20H27F2IN4. The minimum absolute atomic E-state index is 0.